The Hall–Kier alpha value is -0.0600. The highest BCUT2D eigenvalue weighted by molar-refractivity contribution is 9.10. The molecule has 1 aliphatic heterocycles. The SMILES string of the molecule is CCn1nc(C)c(Br)c1CN1CCCC(Cl)C1. The second-order valence-electron chi connectivity index (χ2n) is 4.64. The van der Waals surface area contributed by atoms with Gasteiger partial charge in [-0.15, -0.1) is 11.6 Å². The first-order valence-electron chi connectivity index (χ1n) is 6.20. The van der Waals surface area contributed by atoms with Crippen molar-refractivity contribution in [3.8, 4) is 0 Å². The summed E-state index contributed by atoms with van der Waals surface area (Å²) in [6, 6.07) is 0. The van der Waals surface area contributed by atoms with Gasteiger partial charge in [0.15, 0.2) is 0 Å². The lowest BCUT2D eigenvalue weighted by Gasteiger charge is -2.29. The predicted molar refractivity (Wildman–Crippen MR) is 74.5 cm³/mol. The van der Waals surface area contributed by atoms with E-state index in [1.165, 1.54) is 12.1 Å². The summed E-state index contributed by atoms with van der Waals surface area (Å²) in [5.41, 5.74) is 2.34. The number of likely N-dealkylation sites (tertiary alicyclic amines) is 1. The number of piperidine rings is 1. The second-order valence-corrected chi connectivity index (χ2v) is 6.05. The van der Waals surface area contributed by atoms with Crippen LogP contribution in [0.5, 0.6) is 0 Å². The number of nitrogens with zero attached hydrogens (tertiary/aromatic N) is 3. The number of aryl methyl sites for hydroxylation is 2. The number of hydrogen-bond donors (Lipinski definition) is 0. The molecule has 1 fully saturated rings. The third kappa shape index (κ3) is 3.04. The molecule has 1 atom stereocenters. The molecule has 1 aromatic heterocycles. The number of aromatic nitrogens is 2. The predicted octanol–water partition coefficient (Wildman–Crippen LogP) is 3.18. The summed E-state index contributed by atoms with van der Waals surface area (Å²) in [5, 5.41) is 4.83. The highest BCUT2D eigenvalue weighted by Crippen LogP contribution is 2.24. The van der Waals surface area contributed by atoms with Gasteiger partial charge in [0.25, 0.3) is 0 Å². The third-order valence-corrected chi connectivity index (χ3v) is 4.66. The van der Waals surface area contributed by atoms with E-state index in [4.69, 9.17) is 11.6 Å². The zero-order valence-electron chi connectivity index (χ0n) is 10.4. The van der Waals surface area contributed by atoms with Crippen LogP contribution in [0.4, 0.5) is 0 Å². The molecule has 0 radical (unpaired) electrons. The van der Waals surface area contributed by atoms with E-state index in [9.17, 15) is 0 Å². The molecule has 0 saturated carbocycles. The molecule has 96 valence electrons. The molecule has 0 spiro atoms. The molecule has 2 heterocycles. The number of rotatable bonds is 3. The minimum Gasteiger partial charge on any atom is -0.296 e. The third-order valence-electron chi connectivity index (χ3n) is 3.27. The van der Waals surface area contributed by atoms with Gasteiger partial charge in [0.05, 0.1) is 15.9 Å². The van der Waals surface area contributed by atoms with E-state index in [1.54, 1.807) is 0 Å². The fraction of sp³-hybridized carbons (Fsp3) is 0.750. The summed E-state index contributed by atoms with van der Waals surface area (Å²) in [4.78, 5) is 2.43. The summed E-state index contributed by atoms with van der Waals surface area (Å²) >= 11 is 9.86. The van der Waals surface area contributed by atoms with Crippen molar-refractivity contribution in [3.63, 3.8) is 0 Å². The van der Waals surface area contributed by atoms with Crippen LogP contribution in [0.3, 0.4) is 0 Å². The lowest BCUT2D eigenvalue weighted by atomic mass is 10.1. The largest absolute Gasteiger partial charge is 0.296 e. The molecule has 0 aliphatic carbocycles. The maximum absolute atomic E-state index is 6.22. The molecule has 0 N–H and O–H groups in total. The molecule has 1 aromatic rings. The first-order chi connectivity index (χ1) is 8.11. The van der Waals surface area contributed by atoms with E-state index < -0.39 is 0 Å². The van der Waals surface area contributed by atoms with Gasteiger partial charge in [-0.05, 0) is 49.2 Å². The average Bonchev–Trinajstić information content (AvgIpc) is 2.57. The van der Waals surface area contributed by atoms with Gasteiger partial charge in [0, 0.05) is 25.0 Å². The molecule has 1 saturated heterocycles. The van der Waals surface area contributed by atoms with Crippen molar-refractivity contribution in [3.05, 3.63) is 15.9 Å². The Morgan fingerprint density at radius 1 is 1.53 bits per heavy atom. The molecular formula is C12H19BrClN3. The van der Waals surface area contributed by atoms with E-state index in [0.29, 0.717) is 5.38 Å². The first-order valence-corrected chi connectivity index (χ1v) is 7.43. The van der Waals surface area contributed by atoms with Crippen LogP contribution < -0.4 is 0 Å². The van der Waals surface area contributed by atoms with Gasteiger partial charge in [-0.2, -0.15) is 5.10 Å². The Labute approximate surface area is 116 Å². The van der Waals surface area contributed by atoms with Gasteiger partial charge < -0.3 is 0 Å². The topological polar surface area (TPSA) is 21.1 Å². The van der Waals surface area contributed by atoms with E-state index in [-0.39, 0.29) is 0 Å². The molecule has 0 aromatic carbocycles. The zero-order valence-corrected chi connectivity index (χ0v) is 12.8. The van der Waals surface area contributed by atoms with Crippen LogP contribution in [0.25, 0.3) is 0 Å². The van der Waals surface area contributed by atoms with Gasteiger partial charge >= 0.3 is 0 Å². The molecule has 1 aliphatic rings. The number of hydrogen-bond acceptors (Lipinski definition) is 2. The molecule has 5 heteroatoms. The Balaban J connectivity index is 2.12. The minimum absolute atomic E-state index is 0.307. The quantitative estimate of drug-likeness (QED) is 0.798. The average molecular weight is 321 g/mol. The van der Waals surface area contributed by atoms with Crippen molar-refractivity contribution in [2.45, 2.75) is 45.2 Å². The van der Waals surface area contributed by atoms with Crippen LogP contribution in [-0.4, -0.2) is 33.1 Å². The van der Waals surface area contributed by atoms with Gasteiger partial charge in [0.1, 0.15) is 0 Å². The van der Waals surface area contributed by atoms with Crippen molar-refractivity contribution >= 4 is 27.5 Å². The lowest BCUT2D eigenvalue weighted by Crippen LogP contribution is -2.36. The molecule has 2 rings (SSSR count). The Morgan fingerprint density at radius 3 is 2.94 bits per heavy atom. The second kappa shape index (κ2) is 5.72. The number of halogens is 2. The molecule has 1 unspecified atom stereocenters. The minimum atomic E-state index is 0.307. The number of alkyl halides is 1. The highest BCUT2D eigenvalue weighted by atomic mass is 79.9. The van der Waals surface area contributed by atoms with Crippen molar-refractivity contribution in [1.82, 2.24) is 14.7 Å². The zero-order chi connectivity index (χ0) is 12.4. The van der Waals surface area contributed by atoms with Crippen LogP contribution >= 0.6 is 27.5 Å². The van der Waals surface area contributed by atoms with Gasteiger partial charge in [0.2, 0.25) is 0 Å². The molecule has 17 heavy (non-hydrogen) atoms. The summed E-state index contributed by atoms with van der Waals surface area (Å²) in [5.74, 6) is 0. The van der Waals surface area contributed by atoms with Crippen molar-refractivity contribution in [2.24, 2.45) is 0 Å². The maximum atomic E-state index is 6.22. The summed E-state index contributed by atoms with van der Waals surface area (Å²) in [6.07, 6.45) is 2.34. The van der Waals surface area contributed by atoms with Gasteiger partial charge in [-0.1, -0.05) is 0 Å². The van der Waals surface area contributed by atoms with Crippen molar-refractivity contribution in [2.75, 3.05) is 13.1 Å². The monoisotopic (exact) mass is 319 g/mol. The van der Waals surface area contributed by atoms with Crippen LogP contribution in [0.15, 0.2) is 4.47 Å². The fourth-order valence-electron chi connectivity index (χ4n) is 2.37. The van der Waals surface area contributed by atoms with E-state index >= 15 is 0 Å². The molecule has 0 bridgehead atoms. The van der Waals surface area contributed by atoms with Crippen LogP contribution in [0, 0.1) is 6.92 Å². The van der Waals surface area contributed by atoms with Gasteiger partial charge in [-0.25, -0.2) is 0 Å². The normalized spacial score (nSPS) is 22.0. The van der Waals surface area contributed by atoms with Crippen LogP contribution in [0.1, 0.15) is 31.2 Å². The molecule has 0 amide bonds. The van der Waals surface area contributed by atoms with Gasteiger partial charge in [-0.3, -0.25) is 9.58 Å². The summed E-state index contributed by atoms with van der Waals surface area (Å²) in [7, 11) is 0. The maximum Gasteiger partial charge on any atom is 0.0739 e. The molecular weight excluding hydrogens is 302 g/mol. The smallest absolute Gasteiger partial charge is 0.0739 e. The standard InChI is InChI=1S/C12H19BrClN3/c1-3-17-11(12(13)9(2)15-17)8-16-6-4-5-10(14)7-16/h10H,3-8H2,1-2H3. The van der Waals surface area contributed by atoms with Crippen LogP contribution in [-0.2, 0) is 13.1 Å². The Morgan fingerprint density at radius 2 is 2.29 bits per heavy atom. The van der Waals surface area contributed by atoms with E-state index in [1.807, 2.05) is 6.92 Å². The Kier molecular flexibility index (Phi) is 4.50. The fourth-order valence-corrected chi connectivity index (χ4v) is 3.13. The summed E-state index contributed by atoms with van der Waals surface area (Å²) in [6.45, 7) is 8.16. The van der Waals surface area contributed by atoms with E-state index in [2.05, 4.69) is 37.5 Å². The lowest BCUT2D eigenvalue weighted by molar-refractivity contribution is 0.217. The van der Waals surface area contributed by atoms with Crippen LogP contribution in [0.2, 0.25) is 0 Å². The van der Waals surface area contributed by atoms with E-state index in [0.717, 1.165) is 42.8 Å². The van der Waals surface area contributed by atoms with Crippen molar-refractivity contribution < 1.29 is 0 Å². The first kappa shape index (κ1) is 13.4. The molecule has 3 nitrogen and oxygen atoms in total. The summed E-state index contributed by atoms with van der Waals surface area (Å²) < 4.78 is 3.23. The van der Waals surface area contributed by atoms with Crippen molar-refractivity contribution in [1.29, 1.82) is 0 Å². The highest BCUT2D eigenvalue weighted by Gasteiger charge is 2.21. The Bertz CT molecular complexity index is 391.